The SMILES string of the molecule is [C-]#[N+]C1(CCCC(=O)O)CC1. The summed E-state index contributed by atoms with van der Waals surface area (Å²) in [4.78, 5) is 13.6. The Morgan fingerprint density at radius 3 is 2.64 bits per heavy atom. The number of rotatable bonds is 4. The molecule has 0 bridgehead atoms. The van der Waals surface area contributed by atoms with Gasteiger partial charge in [0.2, 0.25) is 5.54 Å². The summed E-state index contributed by atoms with van der Waals surface area (Å²) in [5, 5.41) is 8.33. The van der Waals surface area contributed by atoms with E-state index in [0.717, 1.165) is 19.3 Å². The smallest absolute Gasteiger partial charge is 0.303 e. The zero-order valence-electron chi connectivity index (χ0n) is 6.34. The third-order valence-electron chi connectivity index (χ3n) is 2.10. The lowest BCUT2D eigenvalue weighted by atomic mass is 10.1. The zero-order valence-corrected chi connectivity index (χ0v) is 6.34. The Labute approximate surface area is 65.8 Å². The number of carboxylic acids is 1. The van der Waals surface area contributed by atoms with Crippen LogP contribution in [0.4, 0.5) is 0 Å². The lowest BCUT2D eigenvalue weighted by molar-refractivity contribution is -0.137. The first kappa shape index (κ1) is 8.06. The lowest BCUT2D eigenvalue weighted by Crippen LogP contribution is -2.03. The Bertz CT molecular complexity index is 201. The third kappa shape index (κ3) is 2.23. The molecule has 3 heteroatoms. The summed E-state index contributed by atoms with van der Waals surface area (Å²) in [6.45, 7) is 6.83. The van der Waals surface area contributed by atoms with Crippen LogP contribution in [-0.4, -0.2) is 16.6 Å². The number of nitrogens with zero attached hydrogens (tertiary/aromatic N) is 1. The van der Waals surface area contributed by atoms with Gasteiger partial charge in [-0.25, -0.2) is 6.57 Å². The Balaban J connectivity index is 2.14. The minimum atomic E-state index is -0.759. The van der Waals surface area contributed by atoms with Crippen LogP contribution in [0.15, 0.2) is 0 Å². The topological polar surface area (TPSA) is 41.7 Å². The first-order chi connectivity index (χ1) is 5.18. The van der Waals surface area contributed by atoms with Crippen LogP contribution in [-0.2, 0) is 4.79 Å². The Morgan fingerprint density at radius 2 is 2.27 bits per heavy atom. The molecule has 0 aromatic rings. The van der Waals surface area contributed by atoms with E-state index in [1.54, 1.807) is 0 Å². The van der Waals surface area contributed by atoms with Crippen LogP contribution in [0, 0.1) is 6.57 Å². The van der Waals surface area contributed by atoms with Crippen molar-refractivity contribution in [3.8, 4) is 0 Å². The third-order valence-corrected chi connectivity index (χ3v) is 2.10. The van der Waals surface area contributed by atoms with E-state index >= 15 is 0 Å². The highest BCUT2D eigenvalue weighted by Gasteiger charge is 2.49. The average molecular weight is 153 g/mol. The van der Waals surface area contributed by atoms with E-state index in [2.05, 4.69) is 4.85 Å². The van der Waals surface area contributed by atoms with Gasteiger partial charge in [0, 0.05) is 25.7 Å². The summed E-state index contributed by atoms with van der Waals surface area (Å²) in [7, 11) is 0. The average Bonchev–Trinajstić information content (AvgIpc) is 2.69. The van der Waals surface area contributed by atoms with Crippen LogP contribution >= 0.6 is 0 Å². The fourth-order valence-corrected chi connectivity index (χ4v) is 1.13. The fraction of sp³-hybridized carbons (Fsp3) is 0.750. The molecule has 0 spiro atoms. The maximum atomic E-state index is 10.1. The summed E-state index contributed by atoms with van der Waals surface area (Å²) in [6.07, 6.45) is 3.56. The quantitative estimate of drug-likeness (QED) is 0.624. The predicted octanol–water partition coefficient (Wildman–Crippen LogP) is 1.69. The molecular formula is C8H11NO2. The maximum absolute atomic E-state index is 10.1. The number of hydrogen-bond donors (Lipinski definition) is 1. The first-order valence-electron chi connectivity index (χ1n) is 3.79. The van der Waals surface area contributed by atoms with Crippen LogP contribution in [0.25, 0.3) is 4.85 Å². The van der Waals surface area contributed by atoms with Crippen molar-refractivity contribution in [1.82, 2.24) is 0 Å². The molecule has 60 valence electrons. The molecule has 0 atom stereocenters. The maximum Gasteiger partial charge on any atom is 0.303 e. The molecule has 1 N–H and O–H groups in total. The molecule has 0 heterocycles. The van der Waals surface area contributed by atoms with Gasteiger partial charge in [0.25, 0.3) is 0 Å². The largest absolute Gasteiger partial charge is 0.481 e. The van der Waals surface area contributed by atoms with Crippen molar-refractivity contribution in [2.24, 2.45) is 0 Å². The van der Waals surface area contributed by atoms with Gasteiger partial charge in [0.05, 0.1) is 0 Å². The molecule has 0 radical (unpaired) electrons. The van der Waals surface area contributed by atoms with Gasteiger partial charge in [0.15, 0.2) is 0 Å². The van der Waals surface area contributed by atoms with E-state index in [4.69, 9.17) is 11.7 Å². The highest BCUT2D eigenvalue weighted by Crippen LogP contribution is 2.43. The van der Waals surface area contributed by atoms with E-state index in [1.165, 1.54) is 0 Å². The standard InChI is InChI=1S/C8H11NO2/c1-9-8(5-6-8)4-2-3-7(10)11/h2-6H2,(H,10,11). The summed E-state index contributed by atoms with van der Waals surface area (Å²) < 4.78 is 0. The molecule has 3 nitrogen and oxygen atoms in total. The monoisotopic (exact) mass is 153 g/mol. The van der Waals surface area contributed by atoms with Gasteiger partial charge >= 0.3 is 5.97 Å². The van der Waals surface area contributed by atoms with E-state index in [9.17, 15) is 4.79 Å². The van der Waals surface area contributed by atoms with Gasteiger partial charge in [0.1, 0.15) is 0 Å². The molecule has 0 amide bonds. The lowest BCUT2D eigenvalue weighted by Gasteiger charge is -1.98. The second-order valence-corrected chi connectivity index (χ2v) is 3.08. The van der Waals surface area contributed by atoms with Gasteiger partial charge in [-0.3, -0.25) is 4.79 Å². The molecule has 0 aromatic heterocycles. The van der Waals surface area contributed by atoms with Crippen LogP contribution in [0.3, 0.4) is 0 Å². The van der Waals surface area contributed by atoms with E-state index in [0.29, 0.717) is 6.42 Å². The predicted molar refractivity (Wildman–Crippen MR) is 40.1 cm³/mol. The summed E-state index contributed by atoms with van der Waals surface area (Å²) in [5.74, 6) is -0.759. The number of carboxylic acid groups (broad SMARTS) is 1. The zero-order chi connectivity index (χ0) is 8.32. The van der Waals surface area contributed by atoms with E-state index < -0.39 is 5.97 Å². The Hall–Kier alpha value is -1.04. The first-order valence-corrected chi connectivity index (χ1v) is 3.79. The van der Waals surface area contributed by atoms with Crippen LogP contribution in [0.1, 0.15) is 32.1 Å². The summed E-state index contributed by atoms with van der Waals surface area (Å²) >= 11 is 0. The number of hydrogen-bond acceptors (Lipinski definition) is 1. The molecule has 1 aliphatic carbocycles. The van der Waals surface area contributed by atoms with Gasteiger partial charge in [-0.05, 0) is 6.42 Å². The van der Waals surface area contributed by atoms with Crippen molar-refractivity contribution in [2.45, 2.75) is 37.6 Å². The Morgan fingerprint density at radius 1 is 1.64 bits per heavy atom. The molecular weight excluding hydrogens is 142 g/mol. The molecule has 0 aromatic carbocycles. The van der Waals surface area contributed by atoms with Gasteiger partial charge in [-0.15, -0.1) is 0 Å². The van der Waals surface area contributed by atoms with Gasteiger partial charge < -0.3 is 9.95 Å². The molecule has 1 rings (SSSR count). The molecule has 0 aliphatic heterocycles. The molecule has 0 saturated heterocycles. The summed E-state index contributed by atoms with van der Waals surface area (Å²) in [6, 6.07) is 0. The molecule has 1 fully saturated rings. The minimum Gasteiger partial charge on any atom is -0.481 e. The molecule has 0 unspecified atom stereocenters. The summed E-state index contributed by atoms with van der Waals surface area (Å²) in [5.41, 5.74) is -0.143. The van der Waals surface area contributed by atoms with Gasteiger partial charge in [-0.2, -0.15) is 0 Å². The van der Waals surface area contributed by atoms with Gasteiger partial charge in [-0.1, -0.05) is 0 Å². The van der Waals surface area contributed by atoms with Crippen LogP contribution in [0.5, 0.6) is 0 Å². The normalized spacial score (nSPS) is 18.8. The highest BCUT2D eigenvalue weighted by molar-refractivity contribution is 5.66. The van der Waals surface area contributed by atoms with E-state index in [-0.39, 0.29) is 12.0 Å². The van der Waals surface area contributed by atoms with Crippen molar-refractivity contribution in [3.05, 3.63) is 11.4 Å². The molecule has 1 saturated carbocycles. The number of carbonyl (C=O) groups is 1. The highest BCUT2D eigenvalue weighted by atomic mass is 16.4. The minimum absolute atomic E-state index is 0.143. The van der Waals surface area contributed by atoms with Crippen molar-refractivity contribution in [2.75, 3.05) is 0 Å². The number of aliphatic carboxylic acids is 1. The second-order valence-electron chi connectivity index (χ2n) is 3.08. The van der Waals surface area contributed by atoms with Crippen LogP contribution < -0.4 is 0 Å². The Kier molecular flexibility index (Phi) is 2.13. The fourth-order valence-electron chi connectivity index (χ4n) is 1.13. The van der Waals surface area contributed by atoms with Crippen molar-refractivity contribution in [1.29, 1.82) is 0 Å². The van der Waals surface area contributed by atoms with Crippen molar-refractivity contribution < 1.29 is 9.90 Å². The van der Waals surface area contributed by atoms with Crippen molar-refractivity contribution in [3.63, 3.8) is 0 Å². The van der Waals surface area contributed by atoms with Crippen LogP contribution in [0.2, 0.25) is 0 Å². The molecule has 11 heavy (non-hydrogen) atoms. The van der Waals surface area contributed by atoms with Crippen molar-refractivity contribution >= 4 is 5.97 Å². The molecule has 1 aliphatic rings. The van der Waals surface area contributed by atoms with E-state index in [1.807, 2.05) is 0 Å². The second kappa shape index (κ2) is 2.91.